The maximum absolute atomic E-state index is 6.98. The van der Waals surface area contributed by atoms with Crippen LogP contribution in [0.2, 0.25) is 103 Å². The zero-order valence-corrected chi connectivity index (χ0v) is 34.9. The normalized spacial score (nSPS) is 40.5. The lowest BCUT2D eigenvalue weighted by Crippen LogP contribution is -2.55. The van der Waals surface area contributed by atoms with E-state index in [1.165, 1.54) is 0 Å². The van der Waals surface area contributed by atoms with Crippen LogP contribution in [0.1, 0.15) is 0 Å². The molecule has 0 saturated carbocycles. The van der Waals surface area contributed by atoms with Gasteiger partial charge in [0.15, 0.2) is 16.6 Å². The number of rotatable bonds is 8. The molecule has 208 valence electrons. The summed E-state index contributed by atoms with van der Waals surface area (Å²) < 4.78 is 57.3. The first-order valence-corrected chi connectivity index (χ1v) is 36.8. The van der Waals surface area contributed by atoms with Gasteiger partial charge >= 0.3 is 17.1 Å². The maximum Gasteiger partial charge on any atom is 0.316 e. The highest BCUT2D eigenvalue weighted by Gasteiger charge is 2.44. The van der Waals surface area contributed by atoms with Crippen LogP contribution in [0.3, 0.4) is 0 Å². The van der Waals surface area contributed by atoms with Gasteiger partial charge in [-0.15, -0.1) is 0 Å². The average Bonchev–Trinajstić information content (AvgIpc) is 2.61. The third-order valence-electron chi connectivity index (χ3n) is 6.11. The van der Waals surface area contributed by atoms with Crippen LogP contribution in [0.15, 0.2) is 0 Å². The Hall–Kier alpha value is 1.81. The van der Waals surface area contributed by atoms with Crippen LogP contribution in [0.4, 0.5) is 0 Å². The van der Waals surface area contributed by atoms with Crippen LogP contribution in [0, 0.1) is 0 Å². The van der Waals surface area contributed by atoms with E-state index in [4.69, 9.17) is 37.0 Å². The monoisotopic (exact) mass is 666 g/mol. The smallest absolute Gasteiger partial charge is 0.316 e. The highest BCUT2D eigenvalue weighted by atomic mass is 28.5. The molecule has 9 nitrogen and oxygen atoms in total. The molecule has 0 spiro atoms. The summed E-state index contributed by atoms with van der Waals surface area (Å²) in [7, 11) is -18.6. The number of hydrogen-bond acceptors (Lipinski definition) is 9. The molecule has 2 fully saturated rings. The molecule has 0 aromatic carbocycles. The van der Waals surface area contributed by atoms with Crippen molar-refractivity contribution in [1.82, 2.24) is 0 Å². The van der Waals surface area contributed by atoms with Crippen molar-refractivity contribution in [2.75, 3.05) is 0 Å². The van der Waals surface area contributed by atoms with Crippen molar-refractivity contribution in [2.45, 2.75) is 103 Å². The first-order valence-electron chi connectivity index (χ1n) is 12.9. The van der Waals surface area contributed by atoms with Gasteiger partial charge in [0.25, 0.3) is 55.7 Å². The van der Waals surface area contributed by atoms with Crippen molar-refractivity contribution in [3.63, 3.8) is 0 Å². The summed E-state index contributed by atoms with van der Waals surface area (Å²) in [5, 5.41) is 0. The van der Waals surface area contributed by atoms with Gasteiger partial charge in [-0.2, -0.15) is 0 Å². The highest BCUT2D eigenvalue weighted by molar-refractivity contribution is 6.88. The van der Waals surface area contributed by atoms with Gasteiger partial charge in [0.1, 0.15) is 0 Å². The fourth-order valence-corrected chi connectivity index (χ4v) is 47.9. The molecule has 0 aromatic heterocycles. The molecule has 2 aliphatic heterocycles. The molecule has 0 aliphatic carbocycles. The van der Waals surface area contributed by atoms with Crippen LogP contribution in [0.5, 0.6) is 0 Å². The van der Waals surface area contributed by atoms with Crippen LogP contribution < -0.4 is 0 Å². The number of hydrogen-bond donors (Lipinski definition) is 0. The van der Waals surface area contributed by atoms with Gasteiger partial charge in [-0.1, -0.05) is 0 Å². The fourth-order valence-electron chi connectivity index (χ4n) is 4.86. The quantitative estimate of drug-likeness (QED) is 0.363. The topological polar surface area (TPSA) is 83.1 Å². The Labute approximate surface area is 228 Å². The summed E-state index contributed by atoms with van der Waals surface area (Å²) >= 11 is 0. The van der Waals surface area contributed by atoms with Crippen molar-refractivity contribution in [3.05, 3.63) is 0 Å². The van der Waals surface area contributed by atoms with E-state index in [1.807, 2.05) is 0 Å². The maximum atomic E-state index is 6.98. The Balaban J connectivity index is 1.95. The van der Waals surface area contributed by atoms with E-state index >= 15 is 0 Å². The third kappa shape index (κ3) is 12.2. The predicted molar refractivity (Wildman–Crippen MR) is 165 cm³/mol. The van der Waals surface area contributed by atoms with E-state index in [-0.39, 0.29) is 0 Å². The SMILES string of the molecule is C[SiH]1O[SiH](C)O[Si](C)(CC[Si](C)(C)O[Si](C)(C)CC[Si]2(C)O[SiH](C)O[SiH](C)O[SiH](C)O2)O[SiH](C)O1. The Kier molecular flexibility index (Phi) is 12.7. The molecule has 2 heterocycles. The summed E-state index contributed by atoms with van der Waals surface area (Å²) in [5.74, 6) is 0. The minimum atomic E-state index is -2.33. The van der Waals surface area contributed by atoms with Crippen molar-refractivity contribution in [3.8, 4) is 0 Å². The van der Waals surface area contributed by atoms with E-state index in [2.05, 4.69) is 78.6 Å². The zero-order chi connectivity index (χ0) is 26.7. The second-order valence-corrected chi connectivity index (χ2v) is 40.6. The Bertz CT molecular complexity index is 596. The first-order chi connectivity index (χ1) is 15.9. The Morgan fingerprint density at radius 1 is 0.514 bits per heavy atom. The standard InChI is InChI=1S/C16H50O9Si10/c1-26-17-28(3)21-34(11,22-29(4)18-26)15-13-32(7,8)25-33(9,10)14-16-35(12)23-30(5)19-27(2)20-31(6)24-35/h26-31H,13-16H2,1-12H3. The predicted octanol–water partition coefficient (Wildman–Crippen LogP) is 2.82. The molecule has 0 radical (unpaired) electrons. The minimum Gasteiger partial charge on any atom is -0.456 e. The average molecular weight is 667 g/mol. The fraction of sp³-hybridized carbons (Fsp3) is 1.00. The van der Waals surface area contributed by atoms with Gasteiger partial charge in [0.05, 0.1) is 0 Å². The first kappa shape index (κ1) is 33.0. The highest BCUT2D eigenvalue weighted by Crippen LogP contribution is 2.31. The summed E-state index contributed by atoms with van der Waals surface area (Å²) in [5.41, 5.74) is 0. The van der Waals surface area contributed by atoms with Crippen LogP contribution >= 0.6 is 0 Å². The molecular weight excluding hydrogens is 617 g/mol. The summed E-state index contributed by atoms with van der Waals surface area (Å²) in [6, 6.07) is 3.94. The molecule has 0 N–H and O–H groups in total. The molecule has 0 bridgehead atoms. The molecule has 2 rings (SSSR count). The second-order valence-electron chi connectivity index (χ2n) is 11.3. The van der Waals surface area contributed by atoms with Crippen LogP contribution in [0.25, 0.3) is 0 Å². The molecule has 2 aliphatic rings. The van der Waals surface area contributed by atoms with Gasteiger partial charge in [-0.25, -0.2) is 0 Å². The largest absolute Gasteiger partial charge is 0.456 e. The molecule has 19 heteroatoms. The zero-order valence-electron chi connectivity index (χ0n) is 24.0. The van der Waals surface area contributed by atoms with Crippen molar-refractivity contribution in [1.29, 1.82) is 0 Å². The Morgan fingerprint density at radius 3 is 1.03 bits per heavy atom. The summed E-state index contributed by atoms with van der Waals surface area (Å²) in [6.07, 6.45) is 0. The lowest BCUT2D eigenvalue weighted by atomic mass is 10.9. The van der Waals surface area contributed by atoms with Gasteiger partial charge in [-0.05, 0) is 103 Å². The van der Waals surface area contributed by atoms with Gasteiger partial charge < -0.3 is 37.0 Å². The van der Waals surface area contributed by atoms with Gasteiger partial charge in [-0.3, -0.25) is 0 Å². The van der Waals surface area contributed by atoms with Crippen molar-refractivity contribution >= 4 is 89.5 Å². The molecule has 4 unspecified atom stereocenters. The van der Waals surface area contributed by atoms with Crippen molar-refractivity contribution < 1.29 is 37.0 Å². The second kappa shape index (κ2) is 13.4. The minimum absolute atomic E-state index is 0.940. The van der Waals surface area contributed by atoms with E-state index in [0.717, 1.165) is 24.2 Å². The van der Waals surface area contributed by atoms with E-state index < -0.39 is 89.5 Å². The van der Waals surface area contributed by atoms with E-state index in [0.29, 0.717) is 0 Å². The Morgan fingerprint density at radius 2 is 0.771 bits per heavy atom. The van der Waals surface area contributed by atoms with Crippen LogP contribution in [-0.4, -0.2) is 89.5 Å². The summed E-state index contributed by atoms with van der Waals surface area (Å²) in [6.45, 7) is 26.3. The van der Waals surface area contributed by atoms with E-state index in [9.17, 15) is 0 Å². The van der Waals surface area contributed by atoms with Crippen molar-refractivity contribution in [2.24, 2.45) is 0 Å². The molecule has 4 atom stereocenters. The summed E-state index contributed by atoms with van der Waals surface area (Å²) in [4.78, 5) is 0. The molecule has 0 aromatic rings. The molecule has 0 amide bonds. The molecular formula is C16H50O9Si10. The van der Waals surface area contributed by atoms with Gasteiger partial charge in [0, 0.05) is 0 Å². The van der Waals surface area contributed by atoms with E-state index in [1.54, 1.807) is 0 Å². The van der Waals surface area contributed by atoms with Crippen LogP contribution in [-0.2, 0) is 37.0 Å². The lowest BCUT2D eigenvalue weighted by molar-refractivity contribution is 0.273. The lowest BCUT2D eigenvalue weighted by Gasteiger charge is -2.41. The third-order valence-corrected chi connectivity index (χ3v) is 42.3. The van der Waals surface area contributed by atoms with Gasteiger partial charge in [0.2, 0.25) is 0 Å². The molecule has 35 heavy (non-hydrogen) atoms. The molecule has 2 saturated heterocycles.